The molecule has 6 heteroatoms. The number of ether oxygens (including phenoxy) is 1. The lowest BCUT2D eigenvalue weighted by atomic mass is 10.3. The molecule has 0 saturated carbocycles. The number of aryl methyl sites for hydroxylation is 1. The van der Waals surface area contributed by atoms with Crippen molar-refractivity contribution in [2.45, 2.75) is 31.7 Å². The number of rotatable bonds is 7. The van der Waals surface area contributed by atoms with E-state index < -0.39 is 0 Å². The molecule has 0 aliphatic carbocycles. The zero-order valence-electron chi connectivity index (χ0n) is 10.6. The van der Waals surface area contributed by atoms with Gasteiger partial charge in [-0.15, -0.1) is 11.8 Å². The van der Waals surface area contributed by atoms with Crippen molar-refractivity contribution in [1.29, 1.82) is 0 Å². The minimum absolute atomic E-state index is 0.711. The number of anilines is 1. The minimum Gasteiger partial charge on any atom is -0.384 e. The molecule has 0 saturated heterocycles. The SMILES string of the molecule is CCCc1nc(NN)c(C)c(SCCOC)n1. The number of nitrogen functional groups attached to an aromatic ring is 1. The number of nitrogens with zero attached hydrogens (tertiary/aromatic N) is 2. The molecule has 0 bridgehead atoms. The minimum atomic E-state index is 0.711. The zero-order valence-corrected chi connectivity index (χ0v) is 11.4. The molecule has 0 amide bonds. The molecule has 0 radical (unpaired) electrons. The largest absolute Gasteiger partial charge is 0.384 e. The molecule has 0 unspecified atom stereocenters. The summed E-state index contributed by atoms with van der Waals surface area (Å²) in [7, 11) is 1.70. The number of hydrazine groups is 1. The van der Waals surface area contributed by atoms with Crippen LogP contribution in [0.5, 0.6) is 0 Å². The van der Waals surface area contributed by atoms with Crippen molar-refractivity contribution in [3.8, 4) is 0 Å². The summed E-state index contributed by atoms with van der Waals surface area (Å²) in [6.07, 6.45) is 1.89. The Labute approximate surface area is 107 Å². The first-order valence-corrected chi connectivity index (χ1v) is 6.67. The first-order chi connectivity index (χ1) is 8.22. The van der Waals surface area contributed by atoms with Crippen LogP contribution in [0.25, 0.3) is 0 Å². The number of nitrogens with two attached hydrogens (primary N) is 1. The van der Waals surface area contributed by atoms with E-state index in [4.69, 9.17) is 10.6 Å². The third-order valence-corrected chi connectivity index (χ3v) is 3.33. The lowest BCUT2D eigenvalue weighted by molar-refractivity contribution is 0.218. The van der Waals surface area contributed by atoms with Crippen LogP contribution in [0.15, 0.2) is 5.03 Å². The van der Waals surface area contributed by atoms with E-state index in [1.807, 2.05) is 6.92 Å². The third-order valence-electron chi connectivity index (χ3n) is 2.28. The van der Waals surface area contributed by atoms with Gasteiger partial charge in [-0.25, -0.2) is 15.8 Å². The van der Waals surface area contributed by atoms with Crippen LogP contribution in [-0.4, -0.2) is 29.4 Å². The van der Waals surface area contributed by atoms with Crippen molar-refractivity contribution in [2.75, 3.05) is 24.9 Å². The van der Waals surface area contributed by atoms with Gasteiger partial charge >= 0.3 is 0 Å². The molecule has 1 aromatic heterocycles. The van der Waals surface area contributed by atoms with E-state index in [1.165, 1.54) is 0 Å². The Hall–Kier alpha value is -0.850. The lowest BCUT2D eigenvalue weighted by Crippen LogP contribution is -2.13. The molecular weight excluding hydrogens is 236 g/mol. The number of hydrogen-bond donors (Lipinski definition) is 2. The number of thioether (sulfide) groups is 1. The lowest BCUT2D eigenvalue weighted by Gasteiger charge is -2.11. The summed E-state index contributed by atoms with van der Waals surface area (Å²) in [5, 5.41) is 0.980. The summed E-state index contributed by atoms with van der Waals surface area (Å²) >= 11 is 1.67. The van der Waals surface area contributed by atoms with Crippen LogP contribution < -0.4 is 11.3 Å². The Balaban J connectivity index is 2.88. The molecular formula is C11H20N4OS. The quantitative estimate of drug-likeness (QED) is 0.255. The smallest absolute Gasteiger partial charge is 0.147 e. The summed E-state index contributed by atoms with van der Waals surface area (Å²) in [5.41, 5.74) is 3.62. The number of nitrogens with one attached hydrogen (secondary N) is 1. The van der Waals surface area contributed by atoms with Crippen LogP contribution in [-0.2, 0) is 11.2 Å². The highest BCUT2D eigenvalue weighted by molar-refractivity contribution is 7.99. The second-order valence-corrected chi connectivity index (χ2v) is 4.74. The van der Waals surface area contributed by atoms with Crippen LogP contribution in [0.1, 0.15) is 24.7 Å². The Morgan fingerprint density at radius 1 is 1.41 bits per heavy atom. The van der Waals surface area contributed by atoms with Gasteiger partial charge in [0.25, 0.3) is 0 Å². The van der Waals surface area contributed by atoms with E-state index in [-0.39, 0.29) is 0 Å². The predicted molar refractivity (Wildman–Crippen MR) is 71.2 cm³/mol. The summed E-state index contributed by atoms with van der Waals surface area (Å²) in [4.78, 5) is 8.92. The van der Waals surface area contributed by atoms with Gasteiger partial charge in [-0.2, -0.15) is 0 Å². The monoisotopic (exact) mass is 256 g/mol. The summed E-state index contributed by atoms with van der Waals surface area (Å²) in [6, 6.07) is 0. The molecule has 0 spiro atoms. The van der Waals surface area contributed by atoms with Gasteiger partial charge in [0.15, 0.2) is 0 Å². The Bertz CT molecular complexity index is 360. The van der Waals surface area contributed by atoms with E-state index in [0.29, 0.717) is 12.4 Å². The molecule has 5 nitrogen and oxygen atoms in total. The van der Waals surface area contributed by atoms with E-state index in [2.05, 4.69) is 22.3 Å². The maximum atomic E-state index is 5.47. The third kappa shape index (κ3) is 4.14. The topological polar surface area (TPSA) is 73.1 Å². The highest BCUT2D eigenvalue weighted by Gasteiger charge is 2.10. The van der Waals surface area contributed by atoms with E-state index in [9.17, 15) is 0 Å². The van der Waals surface area contributed by atoms with Crippen molar-refractivity contribution in [3.05, 3.63) is 11.4 Å². The highest BCUT2D eigenvalue weighted by atomic mass is 32.2. The van der Waals surface area contributed by atoms with E-state index in [0.717, 1.165) is 35.0 Å². The van der Waals surface area contributed by atoms with Crippen LogP contribution >= 0.6 is 11.8 Å². The fourth-order valence-electron chi connectivity index (χ4n) is 1.38. The van der Waals surface area contributed by atoms with Gasteiger partial charge < -0.3 is 10.2 Å². The highest BCUT2D eigenvalue weighted by Crippen LogP contribution is 2.24. The van der Waals surface area contributed by atoms with Gasteiger partial charge in [0, 0.05) is 24.8 Å². The summed E-state index contributed by atoms with van der Waals surface area (Å²) < 4.78 is 5.03. The molecule has 1 aromatic rings. The molecule has 0 aliphatic rings. The molecule has 0 aromatic carbocycles. The zero-order chi connectivity index (χ0) is 12.7. The molecule has 96 valence electrons. The van der Waals surface area contributed by atoms with Crippen molar-refractivity contribution in [1.82, 2.24) is 9.97 Å². The second kappa shape index (κ2) is 7.47. The predicted octanol–water partition coefficient (Wildman–Crippen LogP) is 1.76. The Morgan fingerprint density at radius 3 is 2.76 bits per heavy atom. The maximum absolute atomic E-state index is 5.47. The van der Waals surface area contributed by atoms with E-state index in [1.54, 1.807) is 18.9 Å². The molecule has 0 fully saturated rings. The van der Waals surface area contributed by atoms with Crippen molar-refractivity contribution < 1.29 is 4.74 Å². The van der Waals surface area contributed by atoms with Crippen molar-refractivity contribution in [2.24, 2.45) is 5.84 Å². The molecule has 3 N–H and O–H groups in total. The average molecular weight is 256 g/mol. The van der Waals surface area contributed by atoms with Crippen molar-refractivity contribution in [3.63, 3.8) is 0 Å². The molecule has 0 atom stereocenters. The van der Waals surface area contributed by atoms with Crippen molar-refractivity contribution >= 4 is 17.6 Å². The van der Waals surface area contributed by atoms with Gasteiger partial charge in [0.05, 0.1) is 6.61 Å². The molecule has 1 rings (SSSR count). The first-order valence-electron chi connectivity index (χ1n) is 5.68. The summed E-state index contributed by atoms with van der Waals surface area (Å²) in [6.45, 7) is 4.79. The first kappa shape index (κ1) is 14.2. The number of aromatic nitrogens is 2. The standard InChI is InChI=1S/C11H20N4OS/c1-4-5-9-13-10(15-12)8(2)11(14-9)17-7-6-16-3/h4-7,12H2,1-3H3,(H,13,14,15). The summed E-state index contributed by atoms with van der Waals surface area (Å²) in [5.74, 6) is 7.89. The normalized spacial score (nSPS) is 10.6. The van der Waals surface area contributed by atoms with Gasteiger partial charge in [-0.1, -0.05) is 6.92 Å². The van der Waals surface area contributed by atoms with Gasteiger partial charge in [-0.05, 0) is 13.3 Å². The Morgan fingerprint density at radius 2 is 2.18 bits per heavy atom. The van der Waals surface area contributed by atoms with Gasteiger partial charge in [0.1, 0.15) is 16.7 Å². The maximum Gasteiger partial charge on any atom is 0.147 e. The second-order valence-electron chi connectivity index (χ2n) is 3.65. The number of hydrogen-bond acceptors (Lipinski definition) is 6. The molecule has 17 heavy (non-hydrogen) atoms. The van der Waals surface area contributed by atoms with Gasteiger partial charge in [0.2, 0.25) is 0 Å². The molecule has 0 aliphatic heterocycles. The average Bonchev–Trinajstić information content (AvgIpc) is 2.33. The van der Waals surface area contributed by atoms with E-state index >= 15 is 0 Å². The van der Waals surface area contributed by atoms with Crippen LogP contribution in [0, 0.1) is 6.92 Å². The fourth-order valence-corrected chi connectivity index (χ4v) is 2.30. The molecule has 1 heterocycles. The van der Waals surface area contributed by atoms with Crippen LogP contribution in [0.3, 0.4) is 0 Å². The number of methoxy groups -OCH3 is 1. The fraction of sp³-hybridized carbons (Fsp3) is 0.636. The van der Waals surface area contributed by atoms with Gasteiger partial charge in [-0.3, -0.25) is 0 Å². The van der Waals surface area contributed by atoms with Crippen LogP contribution in [0.4, 0.5) is 5.82 Å². The Kier molecular flexibility index (Phi) is 6.25. The van der Waals surface area contributed by atoms with Crippen LogP contribution in [0.2, 0.25) is 0 Å².